The molecular formula is C21H32N4O4S. The molecule has 1 aromatic rings. The zero-order chi connectivity index (χ0) is 21.7. The summed E-state index contributed by atoms with van der Waals surface area (Å²) in [7, 11) is 0.591. The highest BCUT2D eigenvalue weighted by Gasteiger charge is 2.30. The minimum Gasteiger partial charge on any atom is -0.343 e. The zero-order valence-corrected chi connectivity index (χ0v) is 18.7. The van der Waals surface area contributed by atoms with Crippen LogP contribution in [0.15, 0.2) is 35.2 Å². The van der Waals surface area contributed by atoms with Gasteiger partial charge in [-0.3, -0.25) is 9.59 Å². The number of carbonyl (C=O) groups is 2. The van der Waals surface area contributed by atoms with Crippen LogP contribution in [-0.4, -0.2) is 98.6 Å². The van der Waals surface area contributed by atoms with Gasteiger partial charge in [0.1, 0.15) is 0 Å². The van der Waals surface area contributed by atoms with E-state index in [2.05, 4.69) is 19.0 Å². The molecule has 9 heteroatoms. The first-order valence-electron chi connectivity index (χ1n) is 10.6. The summed E-state index contributed by atoms with van der Waals surface area (Å²) in [6.45, 7) is 2.74. The molecule has 2 aliphatic rings. The fourth-order valence-electron chi connectivity index (χ4n) is 4.08. The normalized spacial score (nSPS) is 19.3. The molecule has 0 N–H and O–H groups in total. The Hall–Kier alpha value is -1.97. The molecule has 8 nitrogen and oxygen atoms in total. The van der Waals surface area contributed by atoms with Gasteiger partial charge in [0.25, 0.3) is 0 Å². The van der Waals surface area contributed by atoms with E-state index in [0.717, 1.165) is 25.9 Å². The summed E-state index contributed by atoms with van der Waals surface area (Å²) in [6.07, 6.45) is 2.32. The molecule has 2 heterocycles. The van der Waals surface area contributed by atoms with Crippen LogP contribution in [0.25, 0.3) is 0 Å². The summed E-state index contributed by atoms with van der Waals surface area (Å²) < 4.78 is 26.8. The maximum atomic E-state index is 12.7. The molecule has 1 aromatic carbocycles. The summed E-state index contributed by atoms with van der Waals surface area (Å²) in [6, 6.07) is 8.86. The maximum Gasteiger partial charge on any atom is 0.243 e. The molecular weight excluding hydrogens is 404 g/mol. The molecule has 2 aliphatic heterocycles. The number of piperidine rings is 1. The number of hydrogen-bond donors (Lipinski definition) is 0. The Morgan fingerprint density at radius 2 is 1.37 bits per heavy atom. The number of hydrogen-bond acceptors (Lipinski definition) is 5. The van der Waals surface area contributed by atoms with E-state index >= 15 is 0 Å². The van der Waals surface area contributed by atoms with Crippen LogP contribution in [0, 0.1) is 0 Å². The predicted molar refractivity (Wildman–Crippen MR) is 114 cm³/mol. The summed E-state index contributed by atoms with van der Waals surface area (Å²) in [5.41, 5.74) is 0. The van der Waals surface area contributed by atoms with Crippen LogP contribution in [0.1, 0.15) is 25.7 Å². The molecule has 0 aromatic heterocycles. The molecule has 166 valence electrons. The molecule has 2 saturated heterocycles. The molecule has 2 fully saturated rings. The summed E-state index contributed by atoms with van der Waals surface area (Å²) in [4.78, 5) is 31.0. The molecule has 3 rings (SSSR count). The van der Waals surface area contributed by atoms with Gasteiger partial charge in [-0.05, 0) is 39.1 Å². The van der Waals surface area contributed by atoms with Crippen molar-refractivity contribution in [3.8, 4) is 0 Å². The van der Waals surface area contributed by atoms with Crippen molar-refractivity contribution in [1.82, 2.24) is 19.0 Å². The molecule has 0 radical (unpaired) electrons. The highest BCUT2D eigenvalue weighted by Crippen LogP contribution is 2.18. The summed E-state index contributed by atoms with van der Waals surface area (Å²) in [5, 5.41) is 0. The van der Waals surface area contributed by atoms with Crippen molar-refractivity contribution in [2.24, 2.45) is 0 Å². The van der Waals surface area contributed by atoms with Gasteiger partial charge in [0.15, 0.2) is 0 Å². The first kappa shape index (κ1) is 22.7. The molecule has 0 aliphatic carbocycles. The van der Waals surface area contributed by atoms with Crippen LogP contribution in [0.2, 0.25) is 0 Å². The second kappa shape index (κ2) is 9.89. The van der Waals surface area contributed by atoms with E-state index in [1.807, 2.05) is 4.90 Å². The van der Waals surface area contributed by atoms with Gasteiger partial charge in [0.05, 0.1) is 4.90 Å². The highest BCUT2D eigenvalue weighted by molar-refractivity contribution is 7.89. The first-order valence-corrected chi connectivity index (χ1v) is 12.0. The molecule has 0 spiro atoms. The summed E-state index contributed by atoms with van der Waals surface area (Å²) in [5.74, 6) is -0.0471. The van der Waals surface area contributed by atoms with Crippen molar-refractivity contribution in [3.63, 3.8) is 0 Å². The lowest BCUT2D eigenvalue weighted by molar-refractivity contribution is -0.138. The minimum atomic E-state index is -3.53. The second-order valence-electron chi connectivity index (χ2n) is 8.17. The molecule has 30 heavy (non-hydrogen) atoms. The van der Waals surface area contributed by atoms with E-state index in [0.29, 0.717) is 19.1 Å². The van der Waals surface area contributed by atoms with Crippen molar-refractivity contribution in [2.75, 3.05) is 53.4 Å². The minimum absolute atomic E-state index is 0.0332. The first-order chi connectivity index (χ1) is 14.3. The largest absolute Gasteiger partial charge is 0.343 e. The van der Waals surface area contributed by atoms with Gasteiger partial charge in [0.2, 0.25) is 21.8 Å². The number of amides is 2. The Morgan fingerprint density at radius 1 is 0.867 bits per heavy atom. The topological polar surface area (TPSA) is 81.2 Å². The molecule has 0 unspecified atom stereocenters. The number of nitrogens with zero attached hydrogens (tertiary/aromatic N) is 4. The Balaban J connectivity index is 1.43. The van der Waals surface area contributed by atoms with Crippen LogP contribution in [0.3, 0.4) is 0 Å². The van der Waals surface area contributed by atoms with E-state index in [9.17, 15) is 18.0 Å². The number of rotatable bonds is 6. The number of benzene rings is 1. The van der Waals surface area contributed by atoms with E-state index < -0.39 is 10.0 Å². The average molecular weight is 437 g/mol. The van der Waals surface area contributed by atoms with Gasteiger partial charge in [-0.15, -0.1) is 0 Å². The lowest BCUT2D eigenvalue weighted by Crippen LogP contribution is -2.50. The monoisotopic (exact) mass is 436 g/mol. The third-order valence-electron chi connectivity index (χ3n) is 6.07. The third kappa shape index (κ3) is 5.39. The van der Waals surface area contributed by atoms with Crippen molar-refractivity contribution in [2.45, 2.75) is 36.6 Å². The maximum absolute atomic E-state index is 12.7. The lowest BCUT2D eigenvalue weighted by Gasteiger charge is -2.36. The Bertz CT molecular complexity index is 828. The third-order valence-corrected chi connectivity index (χ3v) is 7.99. The van der Waals surface area contributed by atoms with Gasteiger partial charge >= 0.3 is 0 Å². The van der Waals surface area contributed by atoms with E-state index in [4.69, 9.17) is 0 Å². The van der Waals surface area contributed by atoms with Crippen LogP contribution in [0.4, 0.5) is 0 Å². The smallest absolute Gasteiger partial charge is 0.243 e. The van der Waals surface area contributed by atoms with E-state index in [-0.39, 0.29) is 42.6 Å². The zero-order valence-electron chi connectivity index (χ0n) is 17.9. The van der Waals surface area contributed by atoms with E-state index in [1.54, 1.807) is 35.2 Å². The number of piperazine rings is 1. The fraction of sp³-hybridized carbons (Fsp3) is 0.619. The van der Waals surface area contributed by atoms with Gasteiger partial charge in [-0.2, -0.15) is 4.31 Å². The number of sulfonamides is 1. The average Bonchev–Trinajstić information content (AvgIpc) is 2.78. The Kier molecular flexibility index (Phi) is 7.49. The van der Waals surface area contributed by atoms with Crippen molar-refractivity contribution >= 4 is 21.8 Å². The fourth-order valence-corrected chi connectivity index (χ4v) is 5.52. The molecule has 0 saturated carbocycles. The number of carbonyl (C=O) groups excluding carboxylic acids is 2. The quantitative estimate of drug-likeness (QED) is 0.661. The van der Waals surface area contributed by atoms with Gasteiger partial charge < -0.3 is 14.7 Å². The Morgan fingerprint density at radius 3 is 1.87 bits per heavy atom. The van der Waals surface area contributed by atoms with Crippen molar-refractivity contribution in [1.29, 1.82) is 0 Å². The van der Waals surface area contributed by atoms with Crippen molar-refractivity contribution in [3.05, 3.63) is 30.3 Å². The van der Waals surface area contributed by atoms with Crippen LogP contribution in [-0.2, 0) is 19.6 Å². The van der Waals surface area contributed by atoms with Gasteiger partial charge in [-0.1, -0.05) is 18.2 Å². The van der Waals surface area contributed by atoms with E-state index in [1.165, 1.54) is 4.31 Å². The summed E-state index contributed by atoms with van der Waals surface area (Å²) >= 11 is 0. The van der Waals surface area contributed by atoms with Crippen LogP contribution in [0.5, 0.6) is 0 Å². The van der Waals surface area contributed by atoms with Gasteiger partial charge in [-0.25, -0.2) is 8.42 Å². The Labute approximate surface area is 179 Å². The predicted octanol–water partition coefficient (Wildman–Crippen LogP) is 0.852. The molecule has 2 amide bonds. The SMILES string of the molecule is CN(C)C1CCN(C(=O)CCC(=O)N2CCN(S(=O)(=O)c3ccccc3)CC2)CC1. The van der Waals surface area contributed by atoms with Crippen LogP contribution < -0.4 is 0 Å². The highest BCUT2D eigenvalue weighted by atomic mass is 32.2. The molecule has 0 bridgehead atoms. The standard InChI is InChI=1S/C21H32N4O4S/c1-22(2)18-10-12-23(13-11-18)20(26)8-9-21(27)24-14-16-25(17-15-24)30(28,29)19-6-4-3-5-7-19/h3-7,18H,8-17H2,1-2H3. The lowest BCUT2D eigenvalue weighted by atomic mass is 10.0. The van der Waals surface area contributed by atoms with Gasteiger partial charge in [0, 0.05) is 58.2 Å². The van der Waals surface area contributed by atoms with Crippen molar-refractivity contribution < 1.29 is 18.0 Å². The molecule has 0 atom stereocenters. The number of likely N-dealkylation sites (tertiary alicyclic amines) is 1. The second-order valence-corrected chi connectivity index (χ2v) is 10.1. The van der Waals surface area contributed by atoms with Crippen LogP contribution >= 0.6 is 0 Å².